The highest BCUT2D eigenvalue weighted by Crippen LogP contribution is 2.42. The zero-order chi connectivity index (χ0) is 24.6. The maximum atomic E-state index is 12.7. The Kier molecular flexibility index (Phi) is 8.58. The number of benzene rings is 1. The zero-order valence-electron chi connectivity index (χ0n) is 17.6. The van der Waals surface area contributed by atoms with Gasteiger partial charge in [-0.05, 0) is 104 Å². The molecule has 176 valence electrons. The van der Waals surface area contributed by atoms with Crippen molar-refractivity contribution in [1.29, 1.82) is 0 Å². The summed E-state index contributed by atoms with van der Waals surface area (Å²) in [4.78, 5) is 49.0. The normalized spacial score (nSPS) is 17.4. The fourth-order valence-corrected chi connectivity index (χ4v) is 6.42. The van der Waals surface area contributed by atoms with Gasteiger partial charge in [-0.2, -0.15) is 0 Å². The van der Waals surface area contributed by atoms with E-state index in [2.05, 4.69) is 79.8 Å². The van der Waals surface area contributed by atoms with Gasteiger partial charge in [0.1, 0.15) is 0 Å². The molecule has 1 aromatic rings. The molecule has 3 amide bonds. The lowest BCUT2D eigenvalue weighted by Crippen LogP contribution is -2.63. The van der Waals surface area contributed by atoms with Crippen molar-refractivity contribution in [2.75, 3.05) is 0 Å². The highest BCUT2D eigenvalue weighted by atomic mass is 79.9. The summed E-state index contributed by atoms with van der Waals surface area (Å²) in [5, 5.41) is 15.7. The Bertz CT molecular complexity index is 981. The van der Waals surface area contributed by atoms with Gasteiger partial charge in [0.15, 0.2) is 0 Å². The number of hydrazine groups is 1. The van der Waals surface area contributed by atoms with Gasteiger partial charge in [-0.1, -0.05) is 0 Å². The number of carbonyl (C=O) groups excluding carboxylic acids is 3. The summed E-state index contributed by atoms with van der Waals surface area (Å²) in [5.74, 6) is -4.26. The number of nitrogens with one attached hydrogen (secondary N) is 4. The lowest BCUT2D eigenvalue weighted by atomic mass is 9.79. The number of aromatic carboxylic acids is 1. The van der Waals surface area contributed by atoms with Crippen LogP contribution in [-0.2, 0) is 9.59 Å². The lowest BCUT2D eigenvalue weighted by Gasteiger charge is -2.46. The second-order valence-electron chi connectivity index (χ2n) is 8.69. The van der Waals surface area contributed by atoms with Crippen LogP contribution in [-0.4, -0.2) is 45.9 Å². The average Bonchev–Trinajstić information content (AvgIpc) is 2.63. The molecule has 1 saturated heterocycles. The largest absolute Gasteiger partial charge is 0.478 e. The molecule has 1 aromatic carbocycles. The molecule has 0 bridgehead atoms. The first kappa shape index (κ1) is 27.2. The van der Waals surface area contributed by atoms with Crippen LogP contribution in [0.4, 0.5) is 0 Å². The number of hydrogen-bond acceptors (Lipinski definition) is 5. The Morgan fingerprint density at radius 1 is 0.812 bits per heavy atom. The van der Waals surface area contributed by atoms with Crippen molar-refractivity contribution >= 4 is 87.4 Å². The topological polar surface area (TPSA) is 137 Å². The minimum absolute atomic E-state index is 0.130. The zero-order valence-corrected chi connectivity index (χ0v) is 23.9. The molecule has 5 N–H and O–H groups in total. The Morgan fingerprint density at radius 2 is 1.28 bits per heavy atom. The fraction of sp³-hybridized carbons (Fsp3) is 0.474. The van der Waals surface area contributed by atoms with E-state index in [9.17, 15) is 24.3 Å². The number of piperidine rings is 1. The van der Waals surface area contributed by atoms with Crippen LogP contribution >= 0.6 is 63.7 Å². The van der Waals surface area contributed by atoms with Crippen LogP contribution in [0.25, 0.3) is 0 Å². The molecule has 1 fully saturated rings. The molecule has 1 aliphatic heterocycles. The molecule has 0 saturated carbocycles. The van der Waals surface area contributed by atoms with Crippen LogP contribution in [0.1, 0.15) is 61.3 Å². The third-order valence-corrected chi connectivity index (χ3v) is 9.50. The van der Waals surface area contributed by atoms with Gasteiger partial charge in [-0.3, -0.25) is 25.2 Å². The molecule has 0 spiro atoms. The number of halogens is 4. The SMILES string of the molecule is CC1(C)CC(NC(=O)C(=O)NNC(=O)c2c(Br)c(Br)c(Br)c(Br)c2C(=O)O)CC(C)(C)N1. The van der Waals surface area contributed by atoms with E-state index >= 15 is 0 Å². The van der Waals surface area contributed by atoms with E-state index < -0.39 is 23.7 Å². The summed E-state index contributed by atoms with van der Waals surface area (Å²) >= 11 is 12.8. The standard InChI is InChI=1S/C19H22Br4N4O5/c1-18(2)5-7(6-19(3,4)27-18)24-15(29)16(30)26-25-14(28)8-9(17(31)32)11(21)13(23)12(22)10(8)20/h7,27H,5-6H2,1-4H3,(H,24,29)(H,25,28)(H,26,30)(H,31,32). The van der Waals surface area contributed by atoms with Crippen molar-refractivity contribution in [3.8, 4) is 0 Å². The average molecular weight is 706 g/mol. The second kappa shape index (κ2) is 10.1. The minimum Gasteiger partial charge on any atom is -0.478 e. The predicted molar refractivity (Wildman–Crippen MR) is 132 cm³/mol. The summed E-state index contributed by atoms with van der Waals surface area (Å²) in [7, 11) is 0. The maximum absolute atomic E-state index is 12.7. The van der Waals surface area contributed by atoms with Gasteiger partial charge in [-0.15, -0.1) is 0 Å². The highest BCUT2D eigenvalue weighted by Gasteiger charge is 2.38. The first-order valence-electron chi connectivity index (χ1n) is 9.36. The van der Waals surface area contributed by atoms with Crippen LogP contribution in [0.2, 0.25) is 0 Å². The maximum Gasteiger partial charge on any atom is 0.337 e. The van der Waals surface area contributed by atoms with Crippen LogP contribution in [0, 0.1) is 0 Å². The van der Waals surface area contributed by atoms with E-state index in [0.29, 0.717) is 21.8 Å². The van der Waals surface area contributed by atoms with Crippen molar-refractivity contribution in [2.24, 2.45) is 0 Å². The first-order chi connectivity index (χ1) is 14.6. The smallest absolute Gasteiger partial charge is 0.337 e. The van der Waals surface area contributed by atoms with Crippen molar-refractivity contribution < 1.29 is 24.3 Å². The number of amides is 3. The Balaban J connectivity index is 2.11. The van der Waals surface area contributed by atoms with Gasteiger partial charge < -0.3 is 15.7 Å². The number of hydrogen-bond donors (Lipinski definition) is 5. The molecule has 2 rings (SSSR count). The second-order valence-corrected chi connectivity index (χ2v) is 11.9. The molecule has 0 radical (unpaired) electrons. The van der Waals surface area contributed by atoms with Gasteiger partial charge in [0, 0.05) is 35.0 Å². The van der Waals surface area contributed by atoms with Gasteiger partial charge in [0.2, 0.25) is 0 Å². The van der Waals surface area contributed by atoms with Gasteiger partial charge in [-0.25, -0.2) is 4.79 Å². The Labute approximate surface area is 218 Å². The van der Waals surface area contributed by atoms with Crippen molar-refractivity contribution in [1.82, 2.24) is 21.5 Å². The fourth-order valence-electron chi connectivity index (χ4n) is 3.95. The highest BCUT2D eigenvalue weighted by molar-refractivity contribution is 9.15. The quantitative estimate of drug-likeness (QED) is 0.141. The lowest BCUT2D eigenvalue weighted by molar-refractivity contribution is -0.140. The van der Waals surface area contributed by atoms with Crippen LogP contribution in [0.3, 0.4) is 0 Å². The third kappa shape index (κ3) is 6.31. The van der Waals surface area contributed by atoms with E-state index in [4.69, 9.17) is 0 Å². The van der Waals surface area contributed by atoms with Crippen LogP contribution in [0.5, 0.6) is 0 Å². The van der Waals surface area contributed by atoms with E-state index in [0.717, 1.165) is 0 Å². The molecule has 0 atom stereocenters. The number of rotatable bonds is 3. The van der Waals surface area contributed by atoms with E-state index in [1.165, 1.54) is 0 Å². The molecule has 32 heavy (non-hydrogen) atoms. The van der Waals surface area contributed by atoms with Gasteiger partial charge in [0.25, 0.3) is 5.91 Å². The van der Waals surface area contributed by atoms with Gasteiger partial charge in [0.05, 0.1) is 11.1 Å². The van der Waals surface area contributed by atoms with Crippen molar-refractivity contribution in [3.63, 3.8) is 0 Å². The molecular weight excluding hydrogens is 684 g/mol. The molecule has 13 heteroatoms. The number of carbonyl (C=O) groups is 4. The van der Waals surface area contributed by atoms with Crippen molar-refractivity contribution in [3.05, 3.63) is 29.0 Å². The summed E-state index contributed by atoms with van der Waals surface area (Å²) in [5.41, 5.74) is 3.09. The van der Waals surface area contributed by atoms with E-state index in [-0.39, 0.29) is 37.2 Å². The molecule has 0 unspecified atom stereocenters. The molecule has 0 aromatic heterocycles. The minimum atomic E-state index is -1.36. The molecular formula is C19H22Br4N4O5. The Morgan fingerprint density at radius 3 is 1.75 bits per heavy atom. The molecule has 0 aliphatic carbocycles. The van der Waals surface area contributed by atoms with Crippen LogP contribution < -0.4 is 21.5 Å². The molecule has 9 nitrogen and oxygen atoms in total. The van der Waals surface area contributed by atoms with Crippen molar-refractivity contribution in [2.45, 2.75) is 57.7 Å². The van der Waals surface area contributed by atoms with Gasteiger partial charge >= 0.3 is 17.8 Å². The number of carboxylic acids is 1. The summed E-state index contributed by atoms with van der Waals surface area (Å²) in [6.45, 7) is 8.05. The summed E-state index contributed by atoms with van der Waals surface area (Å²) in [6.07, 6.45) is 1.25. The third-order valence-electron chi connectivity index (χ3n) is 4.73. The molecule has 1 heterocycles. The molecule has 1 aliphatic rings. The summed E-state index contributed by atoms with van der Waals surface area (Å²) < 4.78 is 1.06. The monoisotopic (exact) mass is 702 g/mol. The first-order valence-corrected chi connectivity index (χ1v) is 12.5. The van der Waals surface area contributed by atoms with Crippen LogP contribution in [0.15, 0.2) is 17.9 Å². The number of carboxylic acid groups (broad SMARTS) is 1. The summed E-state index contributed by atoms with van der Waals surface area (Å²) in [6, 6.07) is -0.235. The van der Waals surface area contributed by atoms with E-state index in [1.54, 1.807) is 0 Å². The predicted octanol–water partition coefficient (Wildman–Crippen LogP) is 3.62. The van der Waals surface area contributed by atoms with E-state index in [1.807, 2.05) is 33.1 Å². The Hall–Kier alpha value is -1.02.